The van der Waals surface area contributed by atoms with Crippen LogP contribution in [-0.2, 0) is 10.0 Å². The summed E-state index contributed by atoms with van der Waals surface area (Å²) in [5.41, 5.74) is 1.07. The molecule has 3 nitrogen and oxygen atoms in total. The molecule has 1 aliphatic heterocycles. The normalized spacial score (nSPS) is 19.4. The van der Waals surface area contributed by atoms with Crippen LogP contribution in [0.2, 0.25) is 14.8 Å². The molecule has 23 heavy (non-hydrogen) atoms. The van der Waals surface area contributed by atoms with Crippen LogP contribution in [0, 0.1) is 6.92 Å². The molecule has 1 atom stereocenters. The van der Waals surface area contributed by atoms with Crippen LogP contribution in [0.15, 0.2) is 51.6 Å². The molecule has 0 saturated heterocycles. The Morgan fingerprint density at radius 2 is 1.87 bits per heavy atom. The average molecular weight is 440 g/mol. The molecule has 2 rings (SSSR count). The van der Waals surface area contributed by atoms with Crippen LogP contribution in [-0.4, -0.2) is 37.1 Å². The van der Waals surface area contributed by atoms with E-state index in [2.05, 4.69) is 27.5 Å². The van der Waals surface area contributed by atoms with Gasteiger partial charge in [-0.15, -0.1) is 0 Å². The molecule has 0 bridgehead atoms. The van der Waals surface area contributed by atoms with Crippen molar-refractivity contribution in [3.05, 3.63) is 52.3 Å². The van der Waals surface area contributed by atoms with Crippen LogP contribution in [0.5, 0.6) is 0 Å². The van der Waals surface area contributed by atoms with Gasteiger partial charge in [0.05, 0.1) is 0 Å². The molecule has 1 aliphatic rings. The van der Waals surface area contributed by atoms with Crippen LogP contribution in [0.4, 0.5) is 0 Å². The van der Waals surface area contributed by atoms with Crippen molar-refractivity contribution in [1.29, 1.82) is 0 Å². The molecule has 1 aromatic carbocycles. The molecule has 1 heterocycles. The third kappa shape index (κ3) is 4.02. The number of aryl methyl sites for hydroxylation is 1. The third-order valence-corrected chi connectivity index (χ3v) is 12.2. The molecular weight excluding hydrogens is 413 g/mol. The molecule has 0 spiro atoms. The van der Waals surface area contributed by atoms with E-state index in [1.54, 1.807) is 16.4 Å². The Morgan fingerprint density at radius 3 is 2.39 bits per heavy atom. The summed E-state index contributed by atoms with van der Waals surface area (Å²) < 4.78 is 29.5. The van der Waals surface area contributed by atoms with Crippen molar-refractivity contribution in [2.45, 2.75) is 51.9 Å². The Kier molecular flexibility index (Phi) is 5.67. The SMILES string of the molecule is C=CC[C@@H]1CCC=[C]([Sn]([CH3])([CH3])[CH3])N1S(=O)(=O)c1ccc(C)cc1. The quantitative estimate of drug-likeness (QED) is 0.500. The van der Waals surface area contributed by atoms with Crippen LogP contribution in [0.3, 0.4) is 0 Å². The molecule has 126 valence electrons. The molecule has 0 fully saturated rings. The Morgan fingerprint density at radius 1 is 1.26 bits per heavy atom. The molecule has 0 aliphatic carbocycles. The molecule has 1 aromatic rings. The molecule has 0 radical (unpaired) electrons. The van der Waals surface area contributed by atoms with E-state index in [9.17, 15) is 8.42 Å². The number of hydrogen-bond acceptors (Lipinski definition) is 2. The Labute approximate surface area is 145 Å². The Balaban J connectivity index is 2.55. The number of benzene rings is 1. The van der Waals surface area contributed by atoms with Crippen molar-refractivity contribution in [3.8, 4) is 0 Å². The van der Waals surface area contributed by atoms with Gasteiger partial charge in [0.2, 0.25) is 0 Å². The molecule has 0 unspecified atom stereocenters. The van der Waals surface area contributed by atoms with Gasteiger partial charge in [-0.2, -0.15) is 0 Å². The van der Waals surface area contributed by atoms with Gasteiger partial charge in [0.25, 0.3) is 0 Å². The zero-order valence-electron chi connectivity index (χ0n) is 14.5. The fourth-order valence-corrected chi connectivity index (χ4v) is 12.1. The molecule has 0 N–H and O–H groups in total. The number of nitrogens with zero attached hydrogens (tertiary/aromatic N) is 1. The van der Waals surface area contributed by atoms with Gasteiger partial charge in [-0.25, -0.2) is 0 Å². The van der Waals surface area contributed by atoms with Crippen LogP contribution < -0.4 is 0 Å². The van der Waals surface area contributed by atoms with E-state index in [0.29, 0.717) is 11.3 Å². The van der Waals surface area contributed by atoms with E-state index in [4.69, 9.17) is 0 Å². The van der Waals surface area contributed by atoms with E-state index in [0.717, 1.165) is 22.1 Å². The monoisotopic (exact) mass is 441 g/mol. The molecular formula is C18H27NO2SSn. The number of rotatable bonds is 5. The average Bonchev–Trinajstić information content (AvgIpc) is 2.47. The summed E-state index contributed by atoms with van der Waals surface area (Å²) in [7, 11) is -3.51. The first kappa shape index (κ1) is 18.6. The van der Waals surface area contributed by atoms with Gasteiger partial charge in [-0.05, 0) is 0 Å². The minimum atomic E-state index is -3.51. The first-order valence-corrected chi connectivity index (χ1v) is 19.5. The summed E-state index contributed by atoms with van der Waals surface area (Å²) in [4.78, 5) is 7.21. The van der Waals surface area contributed by atoms with Gasteiger partial charge < -0.3 is 0 Å². The Bertz CT molecular complexity index is 700. The zero-order chi connectivity index (χ0) is 17.3. The predicted octanol–water partition coefficient (Wildman–Crippen LogP) is 4.49. The summed E-state index contributed by atoms with van der Waals surface area (Å²) in [6.45, 7) is 5.79. The second-order valence-corrected chi connectivity index (χ2v) is 23.3. The topological polar surface area (TPSA) is 37.4 Å². The minimum absolute atomic E-state index is 0.00488. The first-order valence-electron chi connectivity index (χ1n) is 8.10. The molecule has 5 heteroatoms. The first-order chi connectivity index (χ1) is 10.7. The fraction of sp³-hybridized carbons (Fsp3) is 0.444. The van der Waals surface area contributed by atoms with Gasteiger partial charge in [-0.1, -0.05) is 0 Å². The van der Waals surface area contributed by atoms with Gasteiger partial charge in [0.15, 0.2) is 0 Å². The summed E-state index contributed by atoms with van der Waals surface area (Å²) in [6.07, 6.45) is 6.53. The maximum atomic E-state index is 13.3. The molecule has 0 saturated carbocycles. The van der Waals surface area contributed by atoms with E-state index in [1.165, 1.54) is 0 Å². The Hall–Kier alpha value is -0.751. The standard InChI is InChI=1S/C15H18NO2S.3CH3.Sn/c1-3-6-14-7-4-5-12-16(14)19(17,18)15-10-8-13(2)9-11-15;;;;/h3,5,8-11,14H,1,4,6-7H2,2H3;3*1H3;/t14-;;;;/m1..../s1. The molecule has 0 aromatic heterocycles. The van der Waals surface area contributed by atoms with E-state index in [-0.39, 0.29) is 6.04 Å². The van der Waals surface area contributed by atoms with Gasteiger partial charge in [-0.3, -0.25) is 0 Å². The van der Waals surface area contributed by atoms with Gasteiger partial charge in [0.1, 0.15) is 0 Å². The summed E-state index contributed by atoms with van der Waals surface area (Å²) in [5, 5.41) is 0. The summed E-state index contributed by atoms with van der Waals surface area (Å²) >= 11 is -2.56. The van der Waals surface area contributed by atoms with Crippen molar-refractivity contribution >= 4 is 28.4 Å². The van der Waals surface area contributed by atoms with Crippen molar-refractivity contribution in [3.63, 3.8) is 0 Å². The van der Waals surface area contributed by atoms with Crippen molar-refractivity contribution in [2.24, 2.45) is 0 Å². The van der Waals surface area contributed by atoms with Crippen molar-refractivity contribution in [1.82, 2.24) is 4.31 Å². The molecule has 0 amide bonds. The van der Waals surface area contributed by atoms with Gasteiger partial charge >= 0.3 is 145 Å². The van der Waals surface area contributed by atoms with Crippen molar-refractivity contribution < 1.29 is 8.42 Å². The second-order valence-electron chi connectivity index (χ2n) is 7.21. The predicted molar refractivity (Wildman–Crippen MR) is 99.5 cm³/mol. The number of allylic oxidation sites excluding steroid dienone is 1. The maximum absolute atomic E-state index is 13.3. The third-order valence-electron chi connectivity index (χ3n) is 4.19. The van der Waals surface area contributed by atoms with Crippen LogP contribution in [0.25, 0.3) is 0 Å². The van der Waals surface area contributed by atoms with Gasteiger partial charge in [0, 0.05) is 0 Å². The summed E-state index contributed by atoms with van der Waals surface area (Å²) in [5.74, 6) is 0. The zero-order valence-corrected chi connectivity index (χ0v) is 18.2. The van der Waals surface area contributed by atoms with Crippen molar-refractivity contribution in [2.75, 3.05) is 0 Å². The summed E-state index contributed by atoms with van der Waals surface area (Å²) in [6, 6.07) is 7.17. The van der Waals surface area contributed by atoms with E-state index in [1.807, 2.05) is 25.1 Å². The fourth-order valence-electron chi connectivity index (χ4n) is 3.01. The van der Waals surface area contributed by atoms with Crippen LogP contribution >= 0.6 is 0 Å². The van der Waals surface area contributed by atoms with E-state index < -0.39 is 28.4 Å². The van der Waals surface area contributed by atoms with Crippen LogP contribution in [0.1, 0.15) is 24.8 Å². The number of sulfonamides is 1. The number of hydrogen-bond donors (Lipinski definition) is 0. The second kappa shape index (κ2) is 7.01. The van der Waals surface area contributed by atoms with E-state index >= 15 is 0 Å².